The van der Waals surface area contributed by atoms with E-state index in [2.05, 4.69) is 14.8 Å². The summed E-state index contributed by atoms with van der Waals surface area (Å²) in [5.74, 6) is 0.339. The quantitative estimate of drug-likeness (QED) is 0.640. The molecule has 174 valence electrons. The van der Waals surface area contributed by atoms with Crippen LogP contribution >= 0.6 is 11.6 Å². The van der Waals surface area contributed by atoms with Gasteiger partial charge >= 0.3 is 0 Å². The fourth-order valence-corrected chi connectivity index (χ4v) is 5.01. The van der Waals surface area contributed by atoms with Gasteiger partial charge < -0.3 is 9.80 Å². The fraction of sp³-hybridized carbons (Fsp3) is 0.480. The minimum absolute atomic E-state index is 0.0801. The van der Waals surface area contributed by atoms with E-state index in [9.17, 15) is 9.18 Å². The summed E-state index contributed by atoms with van der Waals surface area (Å²) in [6.45, 7) is 5.33. The van der Waals surface area contributed by atoms with E-state index in [1.165, 1.54) is 37.5 Å². The Labute approximate surface area is 199 Å². The molecule has 2 aliphatic heterocycles. The van der Waals surface area contributed by atoms with Gasteiger partial charge in [0.25, 0.3) is 0 Å². The van der Waals surface area contributed by atoms with E-state index in [0.717, 1.165) is 55.8 Å². The van der Waals surface area contributed by atoms with Crippen molar-refractivity contribution in [3.8, 4) is 0 Å². The van der Waals surface area contributed by atoms with Crippen LogP contribution in [-0.2, 0) is 17.6 Å². The standard InChI is InChI=1S/C25H29ClFN5O/c26-22-16-20(27)6-4-18(22)5-7-24(33)31-10-8-19-17-28-25(29-23(19)9-11-31)32-14-12-30(13-15-32)21-2-1-3-21/h4-7,16-17,21H,1-3,8-15H2. The van der Waals surface area contributed by atoms with E-state index in [0.29, 0.717) is 30.1 Å². The number of fused-ring (bicyclic) bond motifs is 1. The molecule has 0 unspecified atom stereocenters. The maximum Gasteiger partial charge on any atom is 0.246 e. The van der Waals surface area contributed by atoms with Gasteiger partial charge in [-0.25, -0.2) is 14.4 Å². The van der Waals surface area contributed by atoms with Crippen molar-refractivity contribution in [2.24, 2.45) is 0 Å². The lowest BCUT2D eigenvalue weighted by atomic mass is 9.91. The molecule has 1 aromatic carbocycles. The first-order valence-electron chi connectivity index (χ1n) is 11.8. The topological polar surface area (TPSA) is 52.6 Å². The predicted molar refractivity (Wildman–Crippen MR) is 128 cm³/mol. The Morgan fingerprint density at radius 2 is 1.88 bits per heavy atom. The van der Waals surface area contributed by atoms with Gasteiger partial charge in [0, 0.05) is 64.0 Å². The van der Waals surface area contributed by atoms with Gasteiger partial charge in [0.15, 0.2) is 0 Å². The first kappa shape index (κ1) is 22.3. The number of hydrogen-bond donors (Lipinski definition) is 0. The summed E-state index contributed by atoms with van der Waals surface area (Å²) in [6.07, 6.45) is 10.6. The molecule has 3 aliphatic rings. The third kappa shape index (κ3) is 5.04. The van der Waals surface area contributed by atoms with Crippen LogP contribution in [0.2, 0.25) is 5.02 Å². The summed E-state index contributed by atoms with van der Waals surface area (Å²) in [4.78, 5) is 29.0. The number of carbonyl (C=O) groups excluding carboxylic acids is 1. The first-order valence-corrected chi connectivity index (χ1v) is 12.2. The van der Waals surface area contributed by atoms with Gasteiger partial charge in [-0.2, -0.15) is 0 Å². The molecule has 0 radical (unpaired) electrons. The lowest BCUT2D eigenvalue weighted by Crippen LogP contribution is -2.52. The van der Waals surface area contributed by atoms with E-state index in [-0.39, 0.29) is 5.91 Å². The Hall–Kier alpha value is -2.51. The molecule has 5 rings (SSSR count). The molecule has 0 bridgehead atoms. The first-order chi connectivity index (χ1) is 16.1. The highest BCUT2D eigenvalue weighted by molar-refractivity contribution is 6.32. The van der Waals surface area contributed by atoms with E-state index < -0.39 is 5.82 Å². The van der Waals surface area contributed by atoms with Crippen molar-refractivity contribution in [3.05, 3.63) is 58.1 Å². The largest absolute Gasteiger partial charge is 0.338 e. The van der Waals surface area contributed by atoms with E-state index in [1.807, 2.05) is 11.1 Å². The van der Waals surface area contributed by atoms with E-state index in [1.54, 1.807) is 12.1 Å². The van der Waals surface area contributed by atoms with Gasteiger partial charge in [-0.15, -0.1) is 0 Å². The molecule has 0 spiro atoms. The number of halogens is 2. The second-order valence-corrected chi connectivity index (χ2v) is 9.48. The summed E-state index contributed by atoms with van der Waals surface area (Å²) in [5, 5.41) is 0.290. The van der Waals surface area contributed by atoms with Gasteiger partial charge in [-0.1, -0.05) is 24.1 Å². The van der Waals surface area contributed by atoms with Crippen molar-refractivity contribution >= 4 is 29.5 Å². The molecule has 0 N–H and O–H groups in total. The molecule has 1 aliphatic carbocycles. The number of rotatable bonds is 4. The lowest BCUT2D eigenvalue weighted by Gasteiger charge is -2.43. The number of anilines is 1. The maximum atomic E-state index is 13.2. The maximum absolute atomic E-state index is 13.2. The summed E-state index contributed by atoms with van der Waals surface area (Å²) in [6, 6.07) is 4.94. The highest BCUT2D eigenvalue weighted by atomic mass is 35.5. The van der Waals surface area contributed by atoms with Crippen molar-refractivity contribution in [1.29, 1.82) is 0 Å². The Bertz CT molecular complexity index is 1050. The van der Waals surface area contributed by atoms with Gasteiger partial charge in [-0.3, -0.25) is 9.69 Å². The Kier molecular flexibility index (Phi) is 6.60. The van der Waals surface area contributed by atoms with Crippen molar-refractivity contribution in [1.82, 2.24) is 19.8 Å². The number of piperazine rings is 1. The molecule has 1 saturated carbocycles. The highest BCUT2D eigenvalue weighted by Crippen LogP contribution is 2.26. The summed E-state index contributed by atoms with van der Waals surface area (Å²) >= 11 is 6.06. The Morgan fingerprint density at radius 3 is 2.61 bits per heavy atom. The summed E-state index contributed by atoms with van der Waals surface area (Å²) in [7, 11) is 0. The fourth-order valence-electron chi connectivity index (χ4n) is 4.78. The number of carbonyl (C=O) groups is 1. The number of nitrogens with zero attached hydrogens (tertiary/aromatic N) is 5. The van der Waals surface area contributed by atoms with Crippen molar-refractivity contribution < 1.29 is 9.18 Å². The summed E-state index contributed by atoms with van der Waals surface area (Å²) < 4.78 is 13.2. The zero-order valence-electron chi connectivity index (χ0n) is 18.7. The van der Waals surface area contributed by atoms with Crippen LogP contribution in [0.15, 0.2) is 30.5 Å². The Balaban J connectivity index is 1.20. The number of hydrogen-bond acceptors (Lipinski definition) is 5. The molecule has 0 atom stereocenters. The molecule has 8 heteroatoms. The lowest BCUT2D eigenvalue weighted by molar-refractivity contribution is -0.125. The molecule has 1 amide bonds. The van der Waals surface area contributed by atoms with E-state index >= 15 is 0 Å². The minimum Gasteiger partial charge on any atom is -0.338 e. The third-order valence-electron chi connectivity index (χ3n) is 7.08. The van der Waals surface area contributed by atoms with Crippen LogP contribution in [-0.4, -0.2) is 71.0 Å². The van der Waals surface area contributed by atoms with Crippen molar-refractivity contribution in [3.63, 3.8) is 0 Å². The van der Waals surface area contributed by atoms with Crippen LogP contribution < -0.4 is 4.90 Å². The molecule has 1 saturated heterocycles. The molecule has 6 nitrogen and oxygen atoms in total. The van der Waals surface area contributed by atoms with Gasteiger partial charge in [0.1, 0.15) is 5.82 Å². The average molecular weight is 470 g/mol. The van der Waals surface area contributed by atoms with Gasteiger partial charge in [0.2, 0.25) is 11.9 Å². The Morgan fingerprint density at radius 1 is 1.09 bits per heavy atom. The van der Waals surface area contributed by atoms with Crippen LogP contribution in [0.4, 0.5) is 10.3 Å². The highest BCUT2D eigenvalue weighted by Gasteiger charge is 2.29. The third-order valence-corrected chi connectivity index (χ3v) is 7.41. The number of amides is 1. The zero-order chi connectivity index (χ0) is 22.8. The van der Waals surface area contributed by atoms with E-state index in [4.69, 9.17) is 16.6 Å². The van der Waals surface area contributed by atoms with Crippen LogP contribution in [0.5, 0.6) is 0 Å². The zero-order valence-corrected chi connectivity index (χ0v) is 19.5. The second-order valence-electron chi connectivity index (χ2n) is 9.07. The SMILES string of the molecule is O=C(C=Cc1ccc(F)cc1Cl)N1CCc2cnc(N3CCN(C4CCC4)CC3)nc2CC1. The molecule has 3 heterocycles. The van der Waals surface area contributed by atoms with Crippen LogP contribution in [0, 0.1) is 5.82 Å². The van der Waals surface area contributed by atoms with Crippen LogP contribution in [0.1, 0.15) is 36.1 Å². The number of aromatic nitrogens is 2. The van der Waals surface area contributed by atoms with Crippen LogP contribution in [0.25, 0.3) is 6.08 Å². The monoisotopic (exact) mass is 469 g/mol. The number of benzene rings is 1. The molecule has 2 fully saturated rings. The van der Waals surface area contributed by atoms with Crippen molar-refractivity contribution in [2.45, 2.75) is 38.1 Å². The normalized spacial score (nSPS) is 19.9. The van der Waals surface area contributed by atoms with Crippen molar-refractivity contribution in [2.75, 3.05) is 44.2 Å². The van der Waals surface area contributed by atoms with Crippen LogP contribution in [0.3, 0.4) is 0 Å². The average Bonchev–Trinajstić information content (AvgIpc) is 3.00. The van der Waals surface area contributed by atoms with Gasteiger partial charge in [0.05, 0.1) is 10.7 Å². The minimum atomic E-state index is -0.394. The molecular weight excluding hydrogens is 441 g/mol. The van der Waals surface area contributed by atoms with Gasteiger partial charge in [-0.05, 0) is 48.6 Å². The summed E-state index contributed by atoms with van der Waals surface area (Å²) in [5.41, 5.74) is 2.78. The molecule has 1 aromatic heterocycles. The smallest absolute Gasteiger partial charge is 0.246 e. The molecular formula is C25H29ClFN5O. The molecule has 2 aromatic rings. The molecule has 33 heavy (non-hydrogen) atoms. The second kappa shape index (κ2) is 9.77. The predicted octanol–water partition coefficient (Wildman–Crippen LogP) is 3.58.